The standard InChI is InChI=1S/C18H17N3O/c1-13-7-8-17-15(9-13)10-16(18(22)21-17)12-20-19-11-14-5-3-2-4-6-14/h2-10,12,19H,11H2,1H3,(H,21,22). The molecule has 4 nitrogen and oxygen atoms in total. The van der Waals surface area contributed by atoms with E-state index in [9.17, 15) is 4.79 Å². The molecule has 2 N–H and O–H groups in total. The topological polar surface area (TPSA) is 57.2 Å². The van der Waals surface area contributed by atoms with Crippen molar-refractivity contribution in [2.45, 2.75) is 13.5 Å². The molecule has 1 aromatic heterocycles. The van der Waals surface area contributed by atoms with Crippen LogP contribution in [0.5, 0.6) is 0 Å². The van der Waals surface area contributed by atoms with Crippen LogP contribution in [-0.2, 0) is 6.54 Å². The van der Waals surface area contributed by atoms with E-state index in [1.54, 1.807) is 6.21 Å². The number of H-pyrrole nitrogens is 1. The molecular weight excluding hydrogens is 274 g/mol. The van der Waals surface area contributed by atoms with Gasteiger partial charge in [-0.1, -0.05) is 42.0 Å². The van der Waals surface area contributed by atoms with Crippen molar-refractivity contribution in [2.75, 3.05) is 0 Å². The quantitative estimate of drug-likeness (QED) is 0.573. The molecule has 0 radical (unpaired) electrons. The molecule has 0 aliphatic carbocycles. The van der Waals surface area contributed by atoms with Gasteiger partial charge in [-0.05, 0) is 36.1 Å². The molecule has 4 heteroatoms. The predicted octanol–water partition coefficient (Wildman–Crippen LogP) is 2.96. The summed E-state index contributed by atoms with van der Waals surface area (Å²) in [6, 6.07) is 17.8. The van der Waals surface area contributed by atoms with Crippen LogP contribution < -0.4 is 11.0 Å². The Morgan fingerprint density at radius 3 is 2.77 bits per heavy atom. The van der Waals surface area contributed by atoms with Crippen molar-refractivity contribution in [1.29, 1.82) is 0 Å². The summed E-state index contributed by atoms with van der Waals surface area (Å²) in [5, 5.41) is 5.14. The second kappa shape index (κ2) is 6.26. The van der Waals surface area contributed by atoms with E-state index in [0.29, 0.717) is 12.1 Å². The van der Waals surface area contributed by atoms with Crippen LogP contribution in [0, 0.1) is 6.92 Å². The van der Waals surface area contributed by atoms with Gasteiger partial charge in [-0.25, -0.2) is 0 Å². The first-order valence-corrected chi connectivity index (χ1v) is 7.16. The van der Waals surface area contributed by atoms with Gasteiger partial charge in [-0.15, -0.1) is 0 Å². The Morgan fingerprint density at radius 1 is 1.14 bits per heavy atom. The number of aryl methyl sites for hydroxylation is 1. The van der Waals surface area contributed by atoms with Crippen LogP contribution >= 0.6 is 0 Å². The van der Waals surface area contributed by atoms with Crippen molar-refractivity contribution in [3.63, 3.8) is 0 Å². The van der Waals surface area contributed by atoms with E-state index >= 15 is 0 Å². The second-order valence-electron chi connectivity index (χ2n) is 5.22. The lowest BCUT2D eigenvalue weighted by molar-refractivity contribution is 0.748. The maximum Gasteiger partial charge on any atom is 0.257 e. The lowest BCUT2D eigenvalue weighted by Crippen LogP contribution is -2.13. The molecule has 1 heterocycles. The molecule has 0 saturated heterocycles. The highest BCUT2D eigenvalue weighted by Crippen LogP contribution is 2.12. The smallest absolute Gasteiger partial charge is 0.257 e. The molecule has 22 heavy (non-hydrogen) atoms. The van der Waals surface area contributed by atoms with Crippen LogP contribution in [-0.4, -0.2) is 11.2 Å². The van der Waals surface area contributed by atoms with Gasteiger partial charge in [0.2, 0.25) is 0 Å². The minimum absolute atomic E-state index is 0.137. The van der Waals surface area contributed by atoms with Crippen LogP contribution in [0.2, 0.25) is 0 Å². The number of hydrogen-bond acceptors (Lipinski definition) is 3. The third kappa shape index (κ3) is 3.23. The monoisotopic (exact) mass is 291 g/mol. The Hall–Kier alpha value is -2.88. The zero-order valence-electron chi connectivity index (χ0n) is 12.3. The van der Waals surface area contributed by atoms with Gasteiger partial charge < -0.3 is 10.4 Å². The second-order valence-corrected chi connectivity index (χ2v) is 5.22. The van der Waals surface area contributed by atoms with E-state index in [2.05, 4.69) is 15.5 Å². The van der Waals surface area contributed by atoms with E-state index < -0.39 is 0 Å². The summed E-state index contributed by atoms with van der Waals surface area (Å²) in [6.07, 6.45) is 1.56. The average molecular weight is 291 g/mol. The van der Waals surface area contributed by atoms with Crippen LogP contribution in [0.15, 0.2) is 64.5 Å². The van der Waals surface area contributed by atoms with Crippen LogP contribution in [0.1, 0.15) is 16.7 Å². The number of pyridine rings is 1. The molecule has 0 spiro atoms. The van der Waals surface area contributed by atoms with Crippen molar-refractivity contribution in [3.8, 4) is 0 Å². The number of benzene rings is 2. The number of aromatic nitrogens is 1. The zero-order chi connectivity index (χ0) is 15.4. The van der Waals surface area contributed by atoms with Gasteiger partial charge in [0.1, 0.15) is 0 Å². The normalized spacial score (nSPS) is 11.1. The maximum atomic E-state index is 12.0. The first kappa shape index (κ1) is 14.1. The summed E-state index contributed by atoms with van der Waals surface area (Å²) in [6.45, 7) is 2.65. The number of hydrazone groups is 1. The summed E-state index contributed by atoms with van der Waals surface area (Å²) in [7, 11) is 0. The van der Waals surface area contributed by atoms with Crippen molar-refractivity contribution in [2.24, 2.45) is 5.10 Å². The minimum Gasteiger partial charge on any atom is -0.321 e. The fourth-order valence-corrected chi connectivity index (χ4v) is 2.29. The van der Waals surface area contributed by atoms with Crippen LogP contribution in [0.3, 0.4) is 0 Å². The molecule has 3 rings (SSSR count). The first-order valence-electron chi connectivity index (χ1n) is 7.16. The molecule has 0 unspecified atom stereocenters. The molecule has 0 aliphatic heterocycles. The van der Waals surface area contributed by atoms with Crippen molar-refractivity contribution in [3.05, 3.63) is 81.6 Å². The Morgan fingerprint density at radius 2 is 1.95 bits per heavy atom. The lowest BCUT2D eigenvalue weighted by atomic mass is 10.1. The van der Waals surface area contributed by atoms with Gasteiger partial charge in [0, 0.05) is 5.52 Å². The van der Waals surface area contributed by atoms with Crippen LogP contribution in [0.4, 0.5) is 0 Å². The Balaban J connectivity index is 1.77. The SMILES string of the molecule is Cc1ccc2[nH]c(=O)c(C=NNCc3ccccc3)cc2c1. The lowest BCUT2D eigenvalue weighted by Gasteiger charge is -2.02. The Labute approximate surface area is 128 Å². The summed E-state index contributed by atoms with van der Waals surface area (Å²) in [5.74, 6) is 0. The summed E-state index contributed by atoms with van der Waals surface area (Å²) < 4.78 is 0. The highest BCUT2D eigenvalue weighted by Gasteiger charge is 2.00. The minimum atomic E-state index is -0.137. The molecule has 2 aromatic carbocycles. The summed E-state index contributed by atoms with van der Waals surface area (Å²) in [5.41, 5.74) is 6.49. The van der Waals surface area contributed by atoms with E-state index in [4.69, 9.17) is 0 Å². The number of nitrogens with zero attached hydrogens (tertiary/aromatic N) is 1. The molecular formula is C18H17N3O. The van der Waals surface area contributed by atoms with E-state index in [-0.39, 0.29) is 5.56 Å². The van der Waals surface area contributed by atoms with Gasteiger partial charge >= 0.3 is 0 Å². The van der Waals surface area contributed by atoms with Crippen molar-refractivity contribution >= 4 is 17.1 Å². The number of rotatable bonds is 4. The van der Waals surface area contributed by atoms with E-state index in [1.807, 2.05) is 61.5 Å². The van der Waals surface area contributed by atoms with Gasteiger partial charge in [0.15, 0.2) is 0 Å². The third-order valence-electron chi connectivity index (χ3n) is 3.45. The molecule has 0 amide bonds. The highest BCUT2D eigenvalue weighted by atomic mass is 16.1. The Kier molecular flexibility index (Phi) is 4.01. The summed E-state index contributed by atoms with van der Waals surface area (Å²) >= 11 is 0. The largest absolute Gasteiger partial charge is 0.321 e. The van der Waals surface area contributed by atoms with Gasteiger partial charge in [0.25, 0.3) is 5.56 Å². The summed E-state index contributed by atoms with van der Waals surface area (Å²) in [4.78, 5) is 14.9. The molecule has 0 saturated carbocycles. The van der Waals surface area contributed by atoms with E-state index in [1.165, 1.54) is 0 Å². The van der Waals surface area contributed by atoms with Crippen LogP contribution in [0.25, 0.3) is 10.9 Å². The average Bonchev–Trinajstić information content (AvgIpc) is 2.53. The highest BCUT2D eigenvalue weighted by molar-refractivity contribution is 5.87. The molecule has 0 fully saturated rings. The maximum absolute atomic E-state index is 12.0. The molecule has 0 atom stereocenters. The molecule has 0 bridgehead atoms. The van der Waals surface area contributed by atoms with Crippen molar-refractivity contribution in [1.82, 2.24) is 10.4 Å². The van der Waals surface area contributed by atoms with Gasteiger partial charge in [-0.2, -0.15) is 5.10 Å². The fourth-order valence-electron chi connectivity index (χ4n) is 2.29. The van der Waals surface area contributed by atoms with Gasteiger partial charge in [-0.3, -0.25) is 4.79 Å². The van der Waals surface area contributed by atoms with E-state index in [0.717, 1.165) is 22.0 Å². The number of nitrogens with one attached hydrogen (secondary N) is 2. The molecule has 110 valence electrons. The molecule has 0 aliphatic rings. The number of aromatic amines is 1. The predicted molar refractivity (Wildman–Crippen MR) is 90.2 cm³/mol. The fraction of sp³-hybridized carbons (Fsp3) is 0.111. The first-order chi connectivity index (χ1) is 10.7. The van der Waals surface area contributed by atoms with Gasteiger partial charge in [0.05, 0.1) is 18.3 Å². The Bertz CT molecular complexity index is 866. The third-order valence-corrected chi connectivity index (χ3v) is 3.45. The number of hydrogen-bond donors (Lipinski definition) is 2. The zero-order valence-corrected chi connectivity index (χ0v) is 12.3. The van der Waals surface area contributed by atoms with Crippen molar-refractivity contribution < 1.29 is 0 Å². The molecule has 3 aromatic rings. The number of fused-ring (bicyclic) bond motifs is 1.